The molecular weight excluding hydrogens is 338 g/mol. The molecule has 1 N–H and O–H groups in total. The summed E-state index contributed by atoms with van der Waals surface area (Å²) in [5, 5.41) is 10.0. The molecule has 1 saturated heterocycles. The number of piperidine rings is 1. The van der Waals surface area contributed by atoms with Gasteiger partial charge < -0.3 is 14.7 Å². The molecule has 25 heavy (non-hydrogen) atoms. The molecule has 1 aliphatic rings. The second kappa shape index (κ2) is 9.82. The summed E-state index contributed by atoms with van der Waals surface area (Å²) in [7, 11) is 0. The Labute approximate surface area is 153 Å². The molecule has 6 heteroatoms. The number of hydrogen-bond acceptors (Lipinski definition) is 5. The molecule has 0 saturated carbocycles. The predicted molar refractivity (Wildman–Crippen MR) is 99.3 cm³/mol. The van der Waals surface area contributed by atoms with Crippen LogP contribution in [0.15, 0.2) is 30.3 Å². The van der Waals surface area contributed by atoms with E-state index in [4.69, 9.17) is 4.74 Å². The minimum Gasteiger partial charge on any atom is -0.466 e. The Morgan fingerprint density at radius 1 is 1.28 bits per heavy atom. The largest absolute Gasteiger partial charge is 0.466 e. The van der Waals surface area contributed by atoms with E-state index in [1.165, 1.54) is 11.8 Å². The number of aliphatic hydroxyl groups is 1. The number of ether oxygens (including phenoxy) is 1. The fraction of sp³-hybridized carbons (Fsp3) is 0.579. The maximum absolute atomic E-state index is 12.6. The van der Waals surface area contributed by atoms with Gasteiger partial charge >= 0.3 is 5.97 Å². The van der Waals surface area contributed by atoms with Gasteiger partial charge in [-0.2, -0.15) is 0 Å². The quantitative estimate of drug-likeness (QED) is 0.753. The zero-order valence-electron chi connectivity index (χ0n) is 14.9. The molecule has 0 aromatic heterocycles. The van der Waals surface area contributed by atoms with E-state index in [2.05, 4.69) is 0 Å². The summed E-state index contributed by atoms with van der Waals surface area (Å²) in [5.74, 6) is 0.318. The van der Waals surface area contributed by atoms with Crippen molar-refractivity contribution >= 4 is 23.6 Å². The van der Waals surface area contributed by atoms with Crippen LogP contribution in [0.1, 0.15) is 38.4 Å². The highest BCUT2D eigenvalue weighted by Crippen LogP contribution is 2.25. The number of thioether (sulfide) groups is 1. The molecule has 138 valence electrons. The highest BCUT2D eigenvalue weighted by atomic mass is 32.2. The lowest BCUT2D eigenvalue weighted by Crippen LogP contribution is -2.43. The van der Waals surface area contributed by atoms with Crippen molar-refractivity contribution in [3.05, 3.63) is 35.9 Å². The van der Waals surface area contributed by atoms with Gasteiger partial charge in [0, 0.05) is 18.8 Å². The zero-order chi connectivity index (χ0) is 18.2. The summed E-state index contributed by atoms with van der Waals surface area (Å²) in [4.78, 5) is 26.1. The maximum atomic E-state index is 12.6. The lowest BCUT2D eigenvalue weighted by atomic mass is 9.97. The predicted octanol–water partition coefficient (Wildman–Crippen LogP) is 2.64. The number of amides is 1. The van der Waals surface area contributed by atoms with Crippen molar-refractivity contribution in [2.24, 2.45) is 5.92 Å². The molecule has 0 radical (unpaired) electrons. The molecule has 2 atom stereocenters. The third kappa shape index (κ3) is 5.75. The smallest absolute Gasteiger partial charge is 0.309 e. The van der Waals surface area contributed by atoms with Crippen molar-refractivity contribution in [1.82, 2.24) is 4.90 Å². The Kier molecular flexibility index (Phi) is 7.78. The van der Waals surface area contributed by atoms with Crippen LogP contribution in [0, 0.1) is 5.92 Å². The fourth-order valence-electron chi connectivity index (χ4n) is 2.93. The monoisotopic (exact) mass is 365 g/mol. The van der Waals surface area contributed by atoms with Crippen LogP contribution >= 0.6 is 11.8 Å². The van der Waals surface area contributed by atoms with Crippen LogP contribution in [0.2, 0.25) is 0 Å². The summed E-state index contributed by atoms with van der Waals surface area (Å²) in [5.41, 5.74) is 0.866. The lowest BCUT2D eigenvalue weighted by Gasteiger charge is -2.32. The Bertz CT molecular complexity index is 558. The maximum Gasteiger partial charge on any atom is 0.309 e. The van der Waals surface area contributed by atoms with E-state index >= 15 is 0 Å². The first-order valence-corrected chi connectivity index (χ1v) is 9.87. The van der Waals surface area contributed by atoms with Crippen LogP contribution in [-0.2, 0) is 14.3 Å². The first kappa shape index (κ1) is 19.8. The molecule has 1 heterocycles. The topological polar surface area (TPSA) is 66.8 Å². The number of esters is 1. The number of aliphatic hydroxyl groups excluding tert-OH is 1. The third-order valence-corrected chi connectivity index (χ3v) is 5.67. The van der Waals surface area contributed by atoms with Crippen molar-refractivity contribution in [3.63, 3.8) is 0 Å². The molecule has 5 nitrogen and oxygen atoms in total. The molecule has 1 aromatic carbocycles. The second-order valence-corrected chi connectivity index (χ2v) is 7.63. The molecule has 0 bridgehead atoms. The number of carbonyl (C=O) groups is 2. The van der Waals surface area contributed by atoms with E-state index in [-0.39, 0.29) is 23.0 Å². The first-order chi connectivity index (χ1) is 12.0. The fourth-order valence-corrected chi connectivity index (χ4v) is 3.89. The number of rotatable bonds is 7. The number of nitrogens with zero attached hydrogens (tertiary/aromatic N) is 1. The molecule has 1 amide bonds. The molecule has 0 aliphatic carbocycles. The Morgan fingerprint density at radius 2 is 1.92 bits per heavy atom. The van der Waals surface area contributed by atoms with Crippen molar-refractivity contribution in [2.45, 2.75) is 38.0 Å². The van der Waals surface area contributed by atoms with Crippen LogP contribution in [0.25, 0.3) is 0 Å². The molecule has 1 fully saturated rings. The lowest BCUT2D eigenvalue weighted by molar-refractivity contribution is -0.151. The van der Waals surface area contributed by atoms with Crippen molar-refractivity contribution < 1.29 is 19.4 Å². The summed E-state index contributed by atoms with van der Waals surface area (Å²) in [6.45, 7) is 5.26. The summed E-state index contributed by atoms with van der Waals surface area (Å²) >= 11 is 1.46. The van der Waals surface area contributed by atoms with Crippen molar-refractivity contribution in [3.8, 4) is 0 Å². The summed E-state index contributed by atoms with van der Waals surface area (Å²) in [6.07, 6.45) is 0.749. The van der Waals surface area contributed by atoms with Crippen molar-refractivity contribution in [2.75, 3.05) is 25.4 Å². The SMILES string of the molecule is CCOC(=O)C1CCN(C(=O)C(C)SCC(O)c2ccccc2)CC1. The molecule has 1 aliphatic heterocycles. The van der Waals surface area contributed by atoms with Gasteiger partial charge in [-0.25, -0.2) is 0 Å². The Morgan fingerprint density at radius 3 is 2.52 bits per heavy atom. The molecule has 1 aromatic rings. The van der Waals surface area contributed by atoms with Gasteiger partial charge in [0.15, 0.2) is 0 Å². The van der Waals surface area contributed by atoms with Gasteiger partial charge in [0.25, 0.3) is 0 Å². The van der Waals surface area contributed by atoms with Crippen LogP contribution in [0.3, 0.4) is 0 Å². The van der Waals surface area contributed by atoms with Gasteiger partial charge in [0.1, 0.15) is 0 Å². The number of hydrogen-bond donors (Lipinski definition) is 1. The van der Waals surface area contributed by atoms with Gasteiger partial charge in [-0.15, -0.1) is 11.8 Å². The highest BCUT2D eigenvalue weighted by molar-refractivity contribution is 8.00. The summed E-state index contributed by atoms with van der Waals surface area (Å²) < 4.78 is 5.06. The van der Waals surface area contributed by atoms with E-state index in [0.717, 1.165) is 5.56 Å². The van der Waals surface area contributed by atoms with E-state index in [1.807, 2.05) is 42.2 Å². The van der Waals surface area contributed by atoms with Crippen molar-refractivity contribution in [1.29, 1.82) is 0 Å². The molecule has 2 unspecified atom stereocenters. The van der Waals surface area contributed by atoms with E-state index in [1.54, 1.807) is 6.92 Å². The van der Waals surface area contributed by atoms with Crippen LogP contribution in [0.4, 0.5) is 0 Å². The normalized spacial score (nSPS) is 17.8. The third-order valence-electron chi connectivity index (χ3n) is 4.46. The Balaban J connectivity index is 1.76. The van der Waals surface area contributed by atoms with Gasteiger partial charge in [0.2, 0.25) is 5.91 Å². The van der Waals surface area contributed by atoms with Crippen LogP contribution in [0.5, 0.6) is 0 Å². The standard InChI is InChI=1S/C19H27NO4S/c1-3-24-19(23)16-9-11-20(12-10-16)18(22)14(2)25-13-17(21)15-7-5-4-6-8-15/h4-8,14,16-17,21H,3,9-13H2,1-2H3. The van der Waals surface area contributed by atoms with Gasteiger partial charge in [0.05, 0.1) is 23.9 Å². The minimum atomic E-state index is -0.573. The van der Waals surface area contributed by atoms with E-state index in [9.17, 15) is 14.7 Å². The highest BCUT2D eigenvalue weighted by Gasteiger charge is 2.30. The first-order valence-electron chi connectivity index (χ1n) is 8.83. The minimum absolute atomic E-state index is 0.0765. The van der Waals surface area contributed by atoms with Crippen LogP contribution in [-0.4, -0.2) is 52.6 Å². The van der Waals surface area contributed by atoms with Crippen LogP contribution < -0.4 is 0 Å². The molecular formula is C19H27NO4S. The zero-order valence-corrected chi connectivity index (χ0v) is 15.7. The average Bonchev–Trinajstić information content (AvgIpc) is 2.66. The Hall–Kier alpha value is -1.53. The van der Waals surface area contributed by atoms with E-state index in [0.29, 0.717) is 38.3 Å². The van der Waals surface area contributed by atoms with Gasteiger partial charge in [-0.3, -0.25) is 9.59 Å². The molecule has 0 spiro atoms. The summed E-state index contributed by atoms with van der Waals surface area (Å²) in [6, 6.07) is 9.47. The van der Waals surface area contributed by atoms with Gasteiger partial charge in [-0.1, -0.05) is 30.3 Å². The number of likely N-dealkylation sites (tertiary alicyclic amines) is 1. The number of benzene rings is 1. The second-order valence-electron chi connectivity index (χ2n) is 6.25. The van der Waals surface area contributed by atoms with E-state index < -0.39 is 6.10 Å². The average molecular weight is 365 g/mol. The van der Waals surface area contributed by atoms with Gasteiger partial charge in [-0.05, 0) is 32.3 Å². The number of carbonyl (C=O) groups excluding carboxylic acids is 2. The molecule has 2 rings (SSSR count).